The molecule has 4 unspecified atom stereocenters. The second kappa shape index (κ2) is 1.99. The fourth-order valence-corrected chi connectivity index (χ4v) is 3.47. The van der Waals surface area contributed by atoms with Crippen LogP contribution in [0.2, 0.25) is 0 Å². The average molecular weight is 154 g/mol. The molecular formula is C9H14O2. The van der Waals surface area contributed by atoms with Crippen molar-refractivity contribution in [2.75, 3.05) is 6.61 Å². The summed E-state index contributed by atoms with van der Waals surface area (Å²) in [6.07, 6.45) is 3.68. The molecular weight excluding hydrogens is 140 g/mol. The van der Waals surface area contributed by atoms with E-state index in [-0.39, 0.29) is 0 Å². The van der Waals surface area contributed by atoms with Gasteiger partial charge in [-0.1, -0.05) is 0 Å². The van der Waals surface area contributed by atoms with E-state index in [0.29, 0.717) is 11.8 Å². The molecule has 0 aromatic rings. The Labute approximate surface area is 66.5 Å². The molecule has 62 valence electrons. The van der Waals surface area contributed by atoms with Crippen molar-refractivity contribution in [3.05, 3.63) is 0 Å². The Morgan fingerprint density at radius 3 is 2.82 bits per heavy atom. The molecule has 0 aromatic heterocycles. The summed E-state index contributed by atoms with van der Waals surface area (Å²) in [4.78, 5) is 0. The molecule has 1 heterocycles. The summed E-state index contributed by atoms with van der Waals surface area (Å²) in [5.41, 5.74) is 0. The van der Waals surface area contributed by atoms with Crippen molar-refractivity contribution in [1.82, 2.24) is 0 Å². The lowest BCUT2D eigenvalue weighted by atomic mass is 9.81. The second-order valence-corrected chi connectivity index (χ2v) is 4.30. The van der Waals surface area contributed by atoms with E-state index >= 15 is 0 Å². The highest BCUT2D eigenvalue weighted by Gasteiger charge is 2.53. The maximum Gasteiger partial charge on any atom is 0.157 e. The molecule has 0 amide bonds. The number of ether oxygens (including phenoxy) is 1. The molecule has 0 radical (unpaired) electrons. The summed E-state index contributed by atoms with van der Waals surface area (Å²) >= 11 is 0. The highest BCUT2D eigenvalue weighted by molar-refractivity contribution is 4.99. The van der Waals surface area contributed by atoms with Crippen molar-refractivity contribution in [2.45, 2.75) is 25.6 Å². The van der Waals surface area contributed by atoms with Crippen molar-refractivity contribution in [1.29, 1.82) is 0 Å². The molecule has 3 fully saturated rings. The van der Waals surface area contributed by atoms with Crippen LogP contribution in [-0.4, -0.2) is 18.0 Å². The van der Waals surface area contributed by atoms with Gasteiger partial charge >= 0.3 is 0 Å². The second-order valence-electron chi connectivity index (χ2n) is 4.30. The molecule has 2 saturated carbocycles. The number of hydrogen-bond acceptors (Lipinski definition) is 2. The molecule has 2 aliphatic carbocycles. The van der Waals surface area contributed by atoms with Crippen LogP contribution in [0.25, 0.3) is 0 Å². The Hall–Kier alpha value is -0.0800. The number of aliphatic hydroxyl groups is 1. The Kier molecular flexibility index (Phi) is 1.16. The summed E-state index contributed by atoms with van der Waals surface area (Å²) in [7, 11) is 0. The van der Waals surface area contributed by atoms with Gasteiger partial charge in [0.05, 0.1) is 6.61 Å². The van der Waals surface area contributed by atoms with Crippen molar-refractivity contribution in [3.63, 3.8) is 0 Å². The predicted octanol–water partition coefficient (Wildman–Crippen LogP) is 0.997. The van der Waals surface area contributed by atoms with Gasteiger partial charge in [-0.05, 0) is 37.0 Å². The molecule has 0 spiro atoms. The lowest BCUT2D eigenvalue weighted by Gasteiger charge is -2.23. The molecule has 11 heavy (non-hydrogen) atoms. The largest absolute Gasteiger partial charge is 0.368 e. The van der Waals surface area contributed by atoms with E-state index in [2.05, 4.69) is 0 Å². The third-order valence-corrected chi connectivity index (χ3v) is 3.95. The normalized spacial score (nSPS) is 60.3. The van der Waals surface area contributed by atoms with E-state index in [1.807, 2.05) is 0 Å². The first-order valence-corrected chi connectivity index (χ1v) is 4.66. The maximum absolute atomic E-state index is 9.50. The van der Waals surface area contributed by atoms with E-state index in [9.17, 15) is 5.11 Å². The fourth-order valence-electron chi connectivity index (χ4n) is 3.47. The Balaban J connectivity index is 1.91. The van der Waals surface area contributed by atoms with Crippen LogP contribution in [0.15, 0.2) is 0 Å². The third kappa shape index (κ3) is 0.695. The quantitative estimate of drug-likeness (QED) is 0.564. The molecule has 2 nitrogen and oxygen atoms in total. The minimum absolute atomic E-state index is 0.421. The van der Waals surface area contributed by atoms with Crippen molar-refractivity contribution in [3.8, 4) is 0 Å². The van der Waals surface area contributed by atoms with Gasteiger partial charge < -0.3 is 9.84 Å². The average Bonchev–Trinajstić information content (AvgIpc) is 2.60. The van der Waals surface area contributed by atoms with Gasteiger partial charge in [-0.15, -0.1) is 0 Å². The SMILES string of the molecule is OC1OCC2C3CC[C@H](C3)C12. The molecule has 1 N–H and O–H groups in total. The zero-order valence-electron chi connectivity index (χ0n) is 6.57. The van der Waals surface area contributed by atoms with Gasteiger partial charge in [0.15, 0.2) is 6.29 Å². The van der Waals surface area contributed by atoms with Crippen LogP contribution in [0.5, 0.6) is 0 Å². The van der Waals surface area contributed by atoms with Crippen molar-refractivity contribution >= 4 is 0 Å². The molecule has 3 aliphatic rings. The number of aliphatic hydroxyl groups excluding tert-OH is 1. The smallest absolute Gasteiger partial charge is 0.157 e. The molecule has 1 saturated heterocycles. The van der Waals surface area contributed by atoms with Gasteiger partial charge in [-0.3, -0.25) is 0 Å². The van der Waals surface area contributed by atoms with Gasteiger partial charge in [-0.2, -0.15) is 0 Å². The van der Waals surface area contributed by atoms with Gasteiger partial charge in [0.25, 0.3) is 0 Å². The standard InChI is InChI=1S/C9H14O2/c10-9-8-6-2-1-5(3-6)7(8)4-11-9/h5-10H,1-4H2/t5?,6-,7?,8?,9?/m1/s1. The highest BCUT2D eigenvalue weighted by Crippen LogP contribution is 2.56. The van der Waals surface area contributed by atoms with Gasteiger partial charge in [-0.25, -0.2) is 0 Å². The number of hydrogen-bond donors (Lipinski definition) is 1. The van der Waals surface area contributed by atoms with Crippen molar-refractivity contribution in [2.24, 2.45) is 23.7 Å². The molecule has 2 bridgehead atoms. The molecule has 1 aliphatic heterocycles. The first-order chi connectivity index (χ1) is 5.36. The fraction of sp³-hybridized carbons (Fsp3) is 1.00. The third-order valence-electron chi connectivity index (χ3n) is 3.95. The first kappa shape index (κ1) is 6.44. The summed E-state index contributed by atoms with van der Waals surface area (Å²) in [6.45, 7) is 0.826. The van der Waals surface area contributed by atoms with Crippen LogP contribution in [-0.2, 0) is 4.74 Å². The zero-order chi connectivity index (χ0) is 7.42. The number of fused-ring (bicyclic) bond motifs is 5. The Morgan fingerprint density at radius 1 is 1.18 bits per heavy atom. The molecule has 3 rings (SSSR count). The monoisotopic (exact) mass is 154 g/mol. The topological polar surface area (TPSA) is 29.5 Å². The zero-order valence-corrected chi connectivity index (χ0v) is 6.57. The van der Waals surface area contributed by atoms with Crippen LogP contribution in [0.3, 0.4) is 0 Å². The minimum Gasteiger partial charge on any atom is -0.368 e. The van der Waals surface area contributed by atoms with E-state index in [4.69, 9.17) is 4.74 Å². The van der Waals surface area contributed by atoms with Gasteiger partial charge in [0, 0.05) is 5.92 Å². The van der Waals surface area contributed by atoms with E-state index in [1.165, 1.54) is 19.3 Å². The van der Waals surface area contributed by atoms with E-state index in [1.54, 1.807) is 0 Å². The Morgan fingerprint density at radius 2 is 2.00 bits per heavy atom. The van der Waals surface area contributed by atoms with Crippen molar-refractivity contribution < 1.29 is 9.84 Å². The summed E-state index contributed by atoms with van der Waals surface area (Å²) in [5.74, 6) is 2.90. The number of rotatable bonds is 0. The lowest BCUT2D eigenvalue weighted by Crippen LogP contribution is -2.25. The van der Waals surface area contributed by atoms with Crippen LogP contribution >= 0.6 is 0 Å². The van der Waals surface area contributed by atoms with E-state index in [0.717, 1.165) is 18.4 Å². The minimum atomic E-state index is -0.421. The Bertz CT molecular complexity index is 180. The lowest BCUT2D eigenvalue weighted by molar-refractivity contribution is -0.0918. The molecule has 5 atom stereocenters. The first-order valence-electron chi connectivity index (χ1n) is 4.66. The molecule has 2 heteroatoms. The van der Waals surface area contributed by atoms with Crippen LogP contribution in [0.4, 0.5) is 0 Å². The van der Waals surface area contributed by atoms with Crippen LogP contribution < -0.4 is 0 Å². The highest BCUT2D eigenvalue weighted by atomic mass is 16.6. The van der Waals surface area contributed by atoms with Crippen LogP contribution in [0, 0.1) is 23.7 Å². The summed E-state index contributed by atoms with van der Waals surface area (Å²) in [6, 6.07) is 0. The predicted molar refractivity (Wildman–Crippen MR) is 39.8 cm³/mol. The molecule has 0 aromatic carbocycles. The van der Waals surface area contributed by atoms with Gasteiger partial charge in [0.2, 0.25) is 0 Å². The van der Waals surface area contributed by atoms with E-state index < -0.39 is 6.29 Å². The van der Waals surface area contributed by atoms with Crippen LogP contribution in [0.1, 0.15) is 19.3 Å². The maximum atomic E-state index is 9.50. The summed E-state index contributed by atoms with van der Waals surface area (Å²) < 4.78 is 5.26. The van der Waals surface area contributed by atoms with Gasteiger partial charge in [0.1, 0.15) is 0 Å². The summed E-state index contributed by atoms with van der Waals surface area (Å²) in [5, 5.41) is 9.50.